The number of nitrogens with zero attached hydrogens (tertiary/aromatic N) is 1. The number of halogens is 5. The fourth-order valence-electron chi connectivity index (χ4n) is 2.95. The van der Waals surface area contributed by atoms with Crippen molar-refractivity contribution in [3.8, 4) is 22.9 Å². The molecule has 1 aromatic heterocycles. The van der Waals surface area contributed by atoms with E-state index in [1.807, 2.05) is 0 Å². The molecule has 3 aromatic rings. The molecule has 1 amide bonds. The second-order valence-electron chi connectivity index (χ2n) is 8.22. The van der Waals surface area contributed by atoms with Gasteiger partial charge in [-0.3, -0.25) is 5.32 Å². The molecule has 0 fully saturated rings. The predicted molar refractivity (Wildman–Crippen MR) is 117 cm³/mol. The van der Waals surface area contributed by atoms with Gasteiger partial charge in [0.25, 0.3) is 0 Å². The van der Waals surface area contributed by atoms with E-state index in [-0.39, 0.29) is 11.4 Å². The molecule has 0 unspecified atom stereocenters. The van der Waals surface area contributed by atoms with Gasteiger partial charge in [-0.15, -0.1) is 0 Å². The third kappa shape index (κ3) is 5.53. The lowest BCUT2D eigenvalue weighted by Gasteiger charge is -2.21. The summed E-state index contributed by atoms with van der Waals surface area (Å²) in [6, 6.07) is 9.34. The molecule has 0 radical (unpaired) electrons. The summed E-state index contributed by atoms with van der Waals surface area (Å²) < 4.78 is 83.3. The summed E-state index contributed by atoms with van der Waals surface area (Å²) in [7, 11) is 1.12. The summed E-state index contributed by atoms with van der Waals surface area (Å²) in [6.07, 6.45) is -0.925. The van der Waals surface area contributed by atoms with Gasteiger partial charge in [-0.1, -0.05) is 30.3 Å². The van der Waals surface area contributed by atoms with Crippen LogP contribution in [-0.4, -0.2) is 29.8 Å². The van der Waals surface area contributed by atoms with Gasteiger partial charge in [0.15, 0.2) is 0 Å². The van der Waals surface area contributed by atoms with E-state index in [1.54, 1.807) is 51.1 Å². The maximum absolute atomic E-state index is 14.0. The van der Waals surface area contributed by atoms with Gasteiger partial charge >= 0.3 is 12.1 Å². The zero-order chi connectivity index (χ0) is 26.8. The van der Waals surface area contributed by atoms with Crippen LogP contribution >= 0.6 is 0 Å². The Morgan fingerprint density at radius 3 is 1.97 bits per heavy atom. The summed E-state index contributed by atoms with van der Waals surface area (Å²) in [5, 5.41) is 2.42. The van der Waals surface area contributed by atoms with Gasteiger partial charge in [-0.05, 0) is 26.8 Å². The smallest absolute Gasteiger partial charge is 0.412 e. The number of aromatic nitrogens is 1. The van der Waals surface area contributed by atoms with Crippen LogP contribution in [0.4, 0.5) is 32.4 Å². The van der Waals surface area contributed by atoms with Crippen LogP contribution in [0.5, 0.6) is 11.6 Å². The monoisotopic (exact) mass is 510 g/mol. The number of carbonyl (C=O) groups is 2. The number of ether oxygens (including phenoxy) is 3. The largest absolute Gasteiger partial charge is 0.480 e. The van der Waals surface area contributed by atoms with E-state index in [0.29, 0.717) is 5.56 Å². The van der Waals surface area contributed by atoms with Crippen LogP contribution in [0.15, 0.2) is 36.4 Å². The molecular weight excluding hydrogens is 491 g/mol. The van der Waals surface area contributed by atoms with E-state index in [9.17, 15) is 31.5 Å². The Hall–Kier alpha value is -4.22. The summed E-state index contributed by atoms with van der Waals surface area (Å²) in [5.74, 6) is -15.5. The molecule has 0 saturated heterocycles. The fourth-order valence-corrected chi connectivity index (χ4v) is 2.95. The molecule has 0 atom stereocenters. The number of anilines is 1. The SMILES string of the molecule is COc1nc(-c2ccccc2)c(NC(=O)OC(C)(C)C)cc1C(=O)Oc1c(F)c(F)c(F)c(F)c1F. The Morgan fingerprint density at radius 2 is 1.44 bits per heavy atom. The van der Waals surface area contributed by atoms with E-state index in [4.69, 9.17) is 9.47 Å². The van der Waals surface area contributed by atoms with Crippen molar-refractivity contribution in [2.75, 3.05) is 12.4 Å². The molecule has 36 heavy (non-hydrogen) atoms. The zero-order valence-electron chi connectivity index (χ0n) is 19.3. The van der Waals surface area contributed by atoms with Crippen molar-refractivity contribution < 1.29 is 45.8 Å². The number of rotatable bonds is 5. The van der Waals surface area contributed by atoms with Gasteiger partial charge in [0.05, 0.1) is 18.5 Å². The molecule has 12 heteroatoms. The fraction of sp³-hybridized carbons (Fsp3) is 0.208. The molecule has 0 bridgehead atoms. The van der Waals surface area contributed by atoms with Crippen LogP contribution in [0.1, 0.15) is 31.1 Å². The minimum atomic E-state index is -2.42. The van der Waals surface area contributed by atoms with Crippen molar-refractivity contribution in [2.45, 2.75) is 26.4 Å². The third-order valence-electron chi connectivity index (χ3n) is 4.45. The normalized spacial score (nSPS) is 11.1. The van der Waals surface area contributed by atoms with Crippen LogP contribution in [0.3, 0.4) is 0 Å². The van der Waals surface area contributed by atoms with E-state index in [1.165, 1.54) is 0 Å². The highest BCUT2D eigenvalue weighted by atomic mass is 19.2. The maximum atomic E-state index is 14.0. The number of pyridine rings is 1. The molecule has 0 spiro atoms. The van der Waals surface area contributed by atoms with Gasteiger partial charge in [-0.25, -0.2) is 27.7 Å². The summed E-state index contributed by atoms with van der Waals surface area (Å²) >= 11 is 0. The van der Waals surface area contributed by atoms with Crippen LogP contribution < -0.4 is 14.8 Å². The second kappa shape index (κ2) is 10.2. The molecule has 2 aromatic carbocycles. The summed E-state index contributed by atoms with van der Waals surface area (Å²) in [4.78, 5) is 29.3. The van der Waals surface area contributed by atoms with Crippen LogP contribution in [-0.2, 0) is 4.74 Å². The first-order chi connectivity index (χ1) is 16.8. The minimum Gasteiger partial charge on any atom is -0.480 e. The van der Waals surface area contributed by atoms with Crippen molar-refractivity contribution in [1.82, 2.24) is 4.98 Å². The maximum Gasteiger partial charge on any atom is 0.412 e. The zero-order valence-corrected chi connectivity index (χ0v) is 19.3. The lowest BCUT2D eigenvalue weighted by atomic mass is 10.1. The summed E-state index contributed by atoms with van der Waals surface area (Å²) in [6.45, 7) is 4.84. The lowest BCUT2D eigenvalue weighted by molar-refractivity contribution is 0.0633. The lowest BCUT2D eigenvalue weighted by Crippen LogP contribution is -2.27. The van der Waals surface area contributed by atoms with Crippen molar-refractivity contribution >= 4 is 17.7 Å². The van der Waals surface area contributed by atoms with Gasteiger partial charge in [-0.2, -0.15) is 8.78 Å². The average molecular weight is 510 g/mol. The molecule has 0 aliphatic rings. The highest BCUT2D eigenvalue weighted by molar-refractivity contribution is 5.98. The number of amides is 1. The molecular formula is C24H19F5N2O5. The van der Waals surface area contributed by atoms with Crippen molar-refractivity contribution in [3.05, 3.63) is 71.0 Å². The number of benzene rings is 2. The highest BCUT2D eigenvalue weighted by Crippen LogP contribution is 2.34. The molecule has 0 aliphatic heterocycles. The Morgan fingerprint density at radius 1 is 0.889 bits per heavy atom. The quantitative estimate of drug-likeness (QED) is 0.149. The highest BCUT2D eigenvalue weighted by Gasteiger charge is 2.30. The van der Waals surface area contributed by atoms with Gasteiger partial charge in [0, 0.05) is 5.56 Å². The van der Waals surface area contributed by atoms with Crippen LogP contribution in [0.2, 0.25) is 0 Å². The minimum absolute atomic E-state index is 0.0967. The van der Waals surface area contributed by atoms with Crippen molar-refractivity contribution in [1.29, 1.82) is 0 Å². The van der Waals surface area contributed by atoms with E-state index in [0.717, 1.165) is 13.2 Å². The number of carbonyl (C=O) groups excluding carboxylic acids is 2. The topological polar surface area (TPSA) is 86.8 Å². The molecule has 190 valence electrons. The first-order valence-corrected chi connectivity index (χ1v) is 10.2. The Bertz CT molecular complexity index is 1300. The van der Waals surface area contributed by atoms with Gasteiger partial charge in [0.1, 0.15) is 11.2 Å². The number of hydrogen-bond donors (Lipinski definition) is 1. The molecule has 7 nitrogen and oxygen atoms in total. The Labute approximate surface area is 201 Å². The van der Waals surface area contributed by atoms with E-state index >= 15 is 0 Å². The van der Waals surface area contributed by atoms with Crippen molar-refractivity contribution in [2.24, 2.45) is 0 Å². The predicted octanol–water partition coefficient (Wildman–Crippen LogP) is 6.02. The Kier molecular flexibility index (Phi) is 7.46. The first-order valence-electron chi connectivity index (χ1n) is 10.2. The van der Waals surface area contributed by atoms with Crippen molar-refractivity contribution in [3.63, 3.8) is 0 Å². The molecule has 1 heterocycles. The standard InChI is InChI=1S/C24H19F5N2O5/c1-24(2,3)36-23(33)30-13-10-12(21(34-4)31-19(13)11-8-6-5-7-9-11)22(32)35-20-17(28)15(26)14(25)16(27)18(20)29/h5-10H,1-4H3,(H,30,33). The first kappa shape index (κ1) is 26.4. The number of esters is 1. The van der Waals surface area contributed by atoms with E-state index < -0.39 is 63.9 Å². The Balaban J connectivity index is 2.11. The summed E-state index contributed by atoms with van der Waals surface area (Å²) in [5.41, 5.74) is -0.981. The van der Waals surface area contributed by atoms with Gasteiger partial charge in [0.2, 0.25) is 40.7 Å². The molecule has 3 rings (SSSR count). The molecule has 0 aliphatic carbocycles. The van der Waals surface area contributed by atoms with Crippen LogP contribution in [0, 0.1) is 29.1 Å². The number of methoxy groups -OCH3 is 1. The molecule has 0 saturated carbocycles. The third-order valence-corrected chi connectivity index (χ3v) is 4.45. The van der Waals surface area contributed by atoms with Gasteiger partial charge < -0.3 is 14.2 Å². The van der Waals surface area contributed by atoms with E-state index in [2.05, 4.69) is 15.0 Å². The van der Waals surface area contributed by atoms with Crippen LogP contribution in [0.25, 0.3) is 11.3 Å². The molecule has 1 N–H and O–H groups in total. The second-order valence-corrected chi connectivity index (χ2v) is 8.22. The average Bonchev–Trinajstić information content (AvgIpc) is 2.83. The number of nitrogens with one attached hydrogen (secondary N) is 1. The number of hydrogen-bond acceptors (Lipinski definition) is 6.